The average Bonchev–Trinajstić information content (AvgIpc) is 3.34. The monoisotopic (exact) mass is 530 g/mol. The number of carbonyl (C=O) groups excluding carboxylic acids is 2. The van der Waals surface area contributed by atoms with E-state index in [1.165, 1.54) is 14.0 Å². The van der Waals surface area contributed by atoms with Gasteiger partial charge in [-0.25, -0.2) is 9.78 Å². The number of fused-ring (bicyclic) bond motifs is 2. The van der Waals surface area contributed by atoms with Gasteiger partial charge in [-0.05, 0) is 49.1 Å². The lowest BCUT2D eigenvalue weighted by molar-refractivity contribution is -0.123. The second kappa shape index (κ2) is 10.2. The van der Waals surface area contributed by atoms with E-state index in [-0.39, 0.29) is 0 Å². The molecule has 1 heterocycles. The van der Waals surface area contributed by atoms with Crippen molar-refractivity contribution < 1.29 is 19.1 Å². The Balaban J connectivity index is 1.44. The van der Waals surface area contributed by atoms with E-state index in [1.54, 1.807) is 35.6 Å². The predicted molar refractivity (Wildman–Crippen MR) is 149 cm³/mol. The number of nitrogens with one attached hydrogen (secondary N) is 1. The lowest BCUT2D eigenvalue weighted by atomic mass is 9.99. The van der Waals surface area contributed by atoms with Crippen LogP contribution in [0.25, 0.3) is 31.6 Å². The van der Waals surface area contributed by atoms with Crippen LogP contribution >= 0.6 is 22.9 Å². The first-order valence-corrected chi connectivity index (χ1v) is 12.8. The van der Waals surface area contributed by atoms with Crippen LogP contribution in [-0.4, -0.2) is 30.1 Å². The second-order valence-corrected chi connectivity index (χ2v) is 9.97. The Bertz CT molecular complexity index is 1620. The van der Waals surface area contributed by atoms with Gasteiger partial charge in [0.25, 0.3) is 5.91 Å². The van der Waals surface area contributed by atoms with Crippen molar-refractivity contribution >= 4 is 61.5 Å². The van der Waals surface area contributed by atoms with Crippen molar-refractivity contribution in [3.05, 3.63) is 88.9 Å². The zero-order chi connectivity index (χ0) is 26.1. The number of ether oxygens (including phenoxy) is 2. The molecule has 0 aliphatic heterocycles. The molecule has 1 aromatic heterocycles. The predicted octanol–water partition coefficient (Wildman–Crippen LogP) is 7.27. The van der Waals surface area contributed by atoms with E-state index in [9.17, 15) is 9.59 Å². The van der Waals surface area contributed by atoms with Crippen LogP contribution in [0.15, 0.2) is 72.8 Å². The van der Waals surface area contributed by atoms with Gasteiger partial charge in [0.15, 0.2) is 6.10 Å². The van der Waals surface area contributed by atoms with Crippen LogP contribution in [0.2, 0.25) is 5.02 Å². The van der Waals surface area contributed by atoms with Gasteiger partial charge in [0.2, 0.25) is 0 Å². The highest BCUT2D eigenvalue weighted by molar-refractivity contribution is 7.21. The number of hydrogen-bond acceptors (Lipinski definition) is 6. The molecule has 0 saturated carbocycles. The lowest BCUT2D eigenvalue weighted by Crippen LogP contribution is -2.30. The number of nitrogens with zero attached hydrogens (tertiary/aromatic N) is 1. The Morgan fingerprint density at radius 2 is 1.78 bits per heavy atom. The number of aryl methyl sites for hydroxylation is 1. The molecule has 37 heavy (non-hydrogen) atoms. The topological polar surface area (TPSA) is 77.5 Å². The molecular weight excluding hydrogens is 508 g/mol. The maximum absolute atomic E-state index is 13.3. The molecule has 186 valence electrons. The van der Waals surface area contributed by atoms with Gasteiger partial charge in [0.05, 0.1) is 28.6 Å². The highest BCUT2D eigenvalue weighted by atomic mass is 35.5. The molecule has 4 aromatic carbocycles. The van der Waals surface area contributed by atoms with Gasteiger partial charge >= 0.3 is 5.97 Å². The Kier molecular flexibility index (Phi) is 6.82. The summed E-state index contributed by atoms with van der Waals surface area (Å²) < 4.78 is 12.0. The summed E-state index contributed by atoms with van der Waals surface area (Å²) in [6.45, 7) is 3.35. The fourth-order valence-corrected chi connectivity index (χ4v) is 5.27. The number of anilines is 1. The Morgan fingerprint density at radius 1 is 1.03 bits per heavy atom. The normalized spacial score (nSPS) is 11.9. The van der Waals surface area contributed by atoms with Gasteiger partial charge in [0.1, 0.15) is 10.8 Å². The largest absolute Gasteiger partial charge is 0.495 e. The van der Waals surface area contributed by atoms with Crippen molar-refractivity contribution in [2.45, 2.75) is 20.0 Å². The molecule has 5 rings (SSSR count). The van der Waals surface area contributed by atoms with Crippen LogP contribution in [0, 0.1) is 6.92 Å². The molecule has 6 nitrogen and oxygen atoms in total. The zero-order valence-electron chi connectivity index (χ0n) is 20.4. The molecule has 1 N–H and O–H groups in total. The first-order chi connectivity index (χ1) is 17.9. The molecule has 1 unspecified atom stereocenters. The number of methoxy groups -OCH3 is 1. The lowest BCUT2D eigenvalue weighted by Gasteiger charge is -2.17. The third kappa shape index (κ3) is 4.88. The molecule has 0 fully saturated rings. The number of esters is 1. The molecule has 0 bridgehead atoms. The van der Waals surface area contributed by atoms with Crippen LogP contribution in [0.4, 0.5) is 5.69 Å². The van der Waals surface area contributed by atoms with Crippen molar-refractivity contribution in [1.82, 2.24) is 4.98 Å². The van der Waals surface area contributed by atoms with E-state index < -0.39 is 18.0 Å². The molecule has 8 heteroatoms. The maximum Gasteiger partial charge on any atom is 0.339 e. The fourth-order valence-electron chi connectivity index (χ4n) is 4.12. The fraction of sp³-hybridized carbons (Fsp3) is 0.138. The maximum atomic E-state index is 13.3. The summed E-state index contributed by atoms with van der Waals surface area (Å²) >= 11 is 7.72. The second-order valence-electron chi connectivity index (χ2n) is 8.53. The number of benzene rings is 4. The van der Waals surface area contributed by atoms with Gasteiger partial charge in [-0.1, -0.05) is 54.1 Å². The quantitative estimate of drug-likeness (QED) is 0.233. The molecule has 5 aromatic rings. The number of aromatic nitrogens is 1. The summed E-state index contributed by atoms with van der Waals surface area (Å²) in [4.78, 5) is 31.0. The first-order valence-electron chi connectivity index (χ1n) is 11.6. The number of rotatable bonds is 6. The van der Waals surface area contributed by atoms with Gasteiger partial charge < -0.3 is 14.8 Å². The molecule has 0 radical (unpaired) electrons. The van der Waals surface area contributed by atoms with Crippen LogP contribution < -0.4 is 10.1 Å². The summed E-state index contributed by atoms with van der Waals surface area (Å²) in [7, 11) is 1.49. The minimum Gasteiger partial charge on any atom is -0.495 e. The molecular formula is C29H23ClN2O4S. The molecule has 0 spiro atoms. The summed E-state index contributed by atoms with van der Waals surface area (Å²) in [6.07, 6.45) is -1.06. The number of halogens is 1. The average molecular weight is 531 g/mol. The van der Waals surface area contributed by atoms with Crippen molar-refractivity contribution in [3.63, 3.8) is 0 Å². The highest BCUT2D eigenvalue weighted by Crippen LogP contribution is 2.36. The van der Waals surface area contributed by atoms with E-state index in [1.807, 2.05) is 55.5 Å². The minimum atomic E-state index is -1.06. The van der Waals surface area contributed by atoms with Crippen molar-refractivity contribution in [2.24, 2.45) is 0 Å². The summed E-state index contributed by atoms with van der Waals surface area (Å²) in [6, 6.07) is 22.5. The number of para-hydroxylation sites is 1. The number of carbonyl (C=O) groups is 2. The summed E-state index contributed by atoms with van der Waals surface area (Å²) in [5.74, 6) is -0.668. The summed E-state index contributed by atoms with van der Waals surface area (Å²) in [5, 5.41) is 5.71. The van der Waals surface area contributed by atoms with E-state index in [4.69, 9.17) is 26.1 Å². The van der Waals surface area contributed by atoms with Crippen molar-refractivity contribution in [3.8, 4) is 16.3 Å². The Morgan fingerprint density at radius 3 is 2.54 bits per heavy atom. The molecule has 0 aliphatic carbocycles. The zero-order valence-corrected chi connectivity index (χ0v) is 21.9. The summed E-state index contributed by atoms with van der Waals surface area (Å²) in [5.41, 5.74) is 3.33. The Labute approximate surface area is 222 Å². The minimum absolute atomic E-state index is 0.368. The van der Waals surface area contributed by atoms with Gasteiger partial charge in [-0.3, -0.25) is 4.79 Å². The number of amides is 1. The van der Waals surface area contributed by atoms with E-state index in [0.717, 1.165) is 37.1 Å². The van der Waals surface area contributed by atoms with Crippen molar-refractivity contribution in [2.75, 3.05) is 12.4 Å². The van der Waals surface area contributed by atoms with E-state index in [0.29, 0.717) is 22.0 Å². The van der Waals surface area contributed by atoms with E-state index in [2.05, 4.69) is 5.32 Å². The number of thiazole rings is 1. The van der Waals surface area contributed by atoms with Crippen LogP contribution in [0.1, 0.15) is 22.8 Å². The van der Waals surface area contributed by atoms with Crippen LogP contribution in [0.3, 0.4) is 0 Å². The molecule has 1 atom stereocenters. The third-order valence-electron chi connectivity index (χ3n) is 6.04. The number of hydrogen-bond donors (Lipinski definition) is 1. The molecule has 1 amide bonds. The molecule has 0 aliphatic rings. The van der Waals surface area contributed by atoms with Gasteiger partial charge in [-0.2, -0.15) is 0 Å². The van der Waals surface area contributed by atoms with Crippen LogP contribution in [0.5, 0.6) is 5.75 Å². The Hall–Kier alpha value is -3.94. The SMILES string of the molecule is COc1cc(Cl)c(C)cc1NC(=O)C(C)OC(=O)c1cccc2cccc(-c3nc4ccccc4s3)c12. The smallest absolute Gasteiger partial charge is 0.339 e. The first kappa shape index (κ1) is 24.7. The van der Waals surface area contributed by atoms with Gasteiger partial charge in [-0.15, -0.1) is 11.3 Å². The van der Waals surface area contributed by atoms with Crippen LogP contribution in [-0.2, 0) is 9.53 Å². The standard InChI is InChI=1S/C29H23ClN2O4S/c1-16-14-23(24(35-3)15-21(16)30)31-27(33)17(2)36-29(34)20-11-7-9-18-8-6-10-19(26(18)20)28-32-22-12-4-5-13-25(22)37-28/h4-15,17H,1-3H3,(H,31,33). The third-order valence-corrected chi connectivity index (χ3v) is 7.52. The van der Waals surface area contributed by atoms with Crippen molar-refractivity contribution in [1.29, 1.82) is 0 Å². The van der Waals surface area contributed by atoms with E-state index >= 15 is 0 Å². The highest BCUT2D eigenvalue weighted by Gasteiger charge is 2.23. The molecule has 0 saturated heterocycles. The van der Waals surface area contributed by atoms with Gasteiger partial charge in [0, 0.05) is 22.0 Å².